The van der Waals surface area contributed by atoms with Crippen molar-refractivity contribution in [3.8, 4) is 5.75 Å². The van der Waals surface area contributed by atoms with Crippen LogP contribution in [0.3, 0.4) is 0 Å². The molecule has 5 heteroatoms. The fourth-order valence-corrected chi connectivity index (χ4v) is 4.48. The van der Waals surface area contributed by atoms with E-state index in [2.05, 4.69) is 60.7 Å². The van der Waals surface area contributed by atoms with Gasteiger partial charge in [0.2, 0.25) is 0 Å². The van der Waals surface area contributed by atoms with Gasteiger partial charge in [0.1, 0.15) is 5.75 Å². The van der Waals surface area contributed by atoms with E-state index in [0.717, 1.165) is 37.7 Å². The molecule has 0 aliphatic heterocycles. The number of phenolic OH excluding ortho intramolecular Hbond substituents is 1. The molecule has 4 aromatic rings. The molecule has 0 bridgehead atoms. The summed E-state index contributed by atoms with van der Waals surface area (Å²) in [7, 11) is 1.41. The highest BCUT2D eigenvalue weighted by Gasteiger charge is 2.33. The number of aryl methyl sites for hydroxylation is 2. The smallest absolute Gasteiger partial charge is 0.312 e. The van der Waals surface area contributed by atoms with Gasteiger partial charge in [-0.15, -0.1) is 0 Å². The summed E-state index contributed by atoms with van der Waals surface area (Å²) in [6.07, 6.45) is 4.04. The zero-order chi connectivity index (χ0) is 32.6. The summed E-state index contributed by atoms with van der Waals surface area (Å²) in [6, 6.07) is 34.0. The highest BCUT2D eigenvalue weighted by Crippen LogP contribution is 2.30. The summed E-state index contributed by atoms with van der Waals surface area (Å²) < 4.78 is 10.1. The molecule has 0 fully saturated rings. The van der Waals surface area contributed by atoms with Crippen molar-refractivity contribution >= 4 is 22.7 Å². The maximum absolute atomic E-state index is 12.1. The van der Waals surface area contributed by atoms with Crippen molar-refractivity contribution in [2.75, 3.05) is 7.11 Å². The highest BCUT2D eigenvalue weighted by molar-refractivity contribution is 5.82. The Labute approximate surface area is 264 Å². The Hall–Kier alpha value is -4.12. The average molecular weight is 599 g/mol. The molecule has 0 amide bonds. The zero-order valence-electron chi connectivity index (χ0n) is 27.5. The molecule has 0 spiro atoms. The third-order valence-electron chi connectivity index (χ3n) is 7.80. The maximum atomic E-state index is 12.1. The molecule has 0 aromatic heterocycles. The van der Waals surface area contributed by atoms with Gasteiger partial charge in [-0.05, 0) is 101 Å². The van der Waals surface area contributed by atoms with Gasteiger partial charge in [0.05, 0.1) is 24.0 Å². The van der Waals surface area contributed by atoms with Gasteiger partial charge < -0.3 is 14.6 Å². The molecule has 0 aliphatic rings. The molecule has 44 heavy (non-hydrogen) atoms. The van der Waals surface area contributed by atoms with Gasteiger partial charge in [-0.25, -0.2) is 0 Å². The molecule has 1 N–H and O–H groups in total. The number of hydrogen-bond acceptors (Lipinski definition) is 5. The number of ether oxygens (including phenoxy) is 2. The fourth-order valence-electron chi connectivity index (χ4n) is 4.48. The first-order valence-electron chi connectivity index (χ1n) is 15.5. The van der Waals surface area contributed by atoms with Crippen LogP contribution in [-0.4, -0.2) is 30.3 Å². The minimum Gasteiger partial charge on any atom is -0.508 e. The Morgan fingerprint density at radius 3 is 1.59 bits per heavy atom. The van der Waals surface area contributed by atoms with Gasteiger partial charge in [-0.1, -0.05) is 97.9 Å². The number of hydrogen-bond donors (Lipinski definition) is 1. The van der Waals surface area contributed by atoms with Gasteiger partial charge in [0.15, 0.2) is 0 Å². The van der Waals surface area contributed by atoms with Gasteiger partial charge in [-0.2, -0.15) is 0 Å². The molecule has 0 radical (unpaired) electrons. The Bertz CT molecular complexity index is 1340. The Morgan fingerprint density at radius 1 is 0.682 bits per heavy atom. The number of rotatable bonds is 10. The number of carbonyl (C=O) groups excluding carboxylic acids is 2. The van der Waals surface area contributed by atoms with Crippen LogP contribution in [0.2, 0.25) is 0 Å². The van der Waals surface area contributed by atoms with Crippen LogP contribution in [-0.2, 0) is 31.9 Å². The van der Waals surface area contributed by atoms with Gasteiger partial charge in [0, 0.05) is 0 Å². The number of fused-ring (bicyclic) bond motifs is 1. The zero-order valence-corrected chi connectivity index (χ0v) is 27.5. The van der Waals surface area contributed by atoms with Crippen LogP contribution in [0.4, 0.5) is 0 Å². The molecule has 0 saturated carbocycles. The summed E-state index contributed by atoms with van der Waals surface area (Å²) in [5.41, 5.74) is 1.54. The van der Waals surface area contributed by atoms with Gasteiger partial charge in [-0.3, -0.25) is 9.59 Å². The molecule has 0 saturated heterocycles. The van der Waals surface area contributed by atoms with E-state index < -0.39 is 5.41 Å². The molecule has 5 nitrogen and oxygen atoms in total. The van der Waals surface area contributed by atoms with Crippen molar-refractivity contribution in [3.63, 3.8) is 0 Å². The largest absolute Gasteiger partial charge is 0.508 e. The standard InChI is InChI=1S/C16H24O2.C13H18O3.C10H8/c1-5-16(4,15(17)18-13(2)3)12-11-14-9-7-6-8-10-14;1-13(2,12(15)16-3)9-8-10-4-6-11(14)7-5-10;1-2-6-10-8-4-3-7-9(10)5-1/h6-10,13H,5,11-12H2,1-4H3;4-7,14H,8-9H2,1-3H3;1-8H. The number of carbonyl (C=O) groups is 2. The minimum atomic E-state index is -0.466. The summed E-state index contributed by atoms with van der Waals surface area (Å²) in [5.74, 6) is -0.00168. The molecular formula is C39H50O5. The minimum absolute atomic E-state index is 0.0416. The van der Waals surface area contributed by atoms with Crippen LogP contribution in [0.15, 0.2) is 103 Å². The summed E-state index contributed by atoms with van der Waals surface area (Å²) in [5, 5.41) is 11.8. The fraction of sp³-hybridized carbons (Fsp3) is 0.385. The lowest BCUT2D eigenvalue weighted by Crippen LogP contribution is -2.31. The first kappa shape index (κ1) is 36.1. The Balaban J connectivity index is 0.000000238. The van der Waals surface area contributed by atoms with E-state index in [4.69, 9.17) is 14.6 Å². The third kappa shape index (κ3) is 12.2. The Morgan fingerprint density at radius 2 is 1.14 bits per heavy atom. The number of esters is 2. The van der Waals surface area contributed by atoms with Crippen LogP contribution in [0, 0.1) is 10.8 Å². The molecular weight excluding hydrogens is 548 g/mol. The van der Waals surface area contributed by atoms with Crippen LogP contribution in [0.1, 0.15) is 71.9 Å². The van der Waals surface area contributed by atoms with Crippen molar-refractivity contribution in [3.05, 3.63) is 114 Å². The van der Waals surface area contributed by atoms with E-state index in [9.17, 15) is 9.59 Å². The van der Waals surface area contributed by atoms with E-state index in [-0.39, 0.29) is 29.2 Å². The predicted octanol–water partition coefficient (Wildman–Crippen LogP) is 9.35. The van der Waals surface area contributed by atoms with Gasteiger partial charge >= 0.3 is 11.9 Å². The average Bonchev–Trinajstić information content (AvgIpc) is 3.03. The third-order valence-corrected chi connectivity index (χ3v) is 7.80. The molecule has 1 unspecified atom stereocenters. The monoisotopic (exact) mass is 598 g/mol. The van der Waals surface area contributed by atoms with Gasteiger partial charge in [0.25, 0.3) is 0 Å². The molecule has 4 rings (SSSR count). The lowest BCUT2D eigenvalue weighted by molar-refractivity contribution is -0.159. The number of benzene rings is 4. The number of aromatic hydroxyl groups is 1. The van der Waals surface area contributed by atoms with Crippen molar-refractivity contribution in [1.82, 2.24) is 0 Å². The van der Waals surface area contributed by atoms with E-state index in [1.54, 1.807) is 12.1 Å². The molecule has 236 valence electrons. The van der Waals surface area contributed by atoms with Crippen LogP contribution in [0.25, 0.3) is 10.8 Å². The first-order valence-corrected chi connectivity index (χ1v) is 15.5. The van der Waals surface area contributed by atoms with Crippen molar-refractivity contribution < 1.29 is 24.2 Å². The topological polar surface area (TPSA) is 72.8 Å². The normalized spacial score (nSPS) is 12.2. The SMILES string of the molecule is CCC(C)(CCc1ccccc1)C(=O)OC(C)C.COC(=O)C(C)(C)CCc1ccc(O)cc1.c1ccc2ccccc2c1. The number of methoxy groups -OCH3 is 1. The second-order valence-electron chi connectivity index (χ2n) is 12.2. The number of phenols is 1. The molecule has 1 atom stereocenters. The van der Waals surface area contributed by atoms with Crippen molar-refractivity contribution in [2.45, 2.75) is 79.8 Å². The second kappa shape index (κ2) is 17.9. The quantitative estimate of drug-likeness (QED) is 0.184. The first-order chi connectivity index (χ1) is 20.9. The lowest BCUT2D eigenvalue weighted by atomic mass is 9.81. The predicted molar refractivity (Wildman–Crippen MR) is 181 cm³/mol. The second-order valence-corrected chi connectivity index (χ2v) is 12.2. The van der Waals surface area contributed by atoms with E-state index in [1.807, 2.05) is 71.9 Å². The van der Waals surface area contributed by atoms with E-state index in [1.165, 1.54) is 23.4 Å². The van der Waals surface area contributed by atoms with E-state index in [0.29, 0.717) is 0 Å². The molecule has 0 heterocycles. The maximum Gasteiger partial charge on any atom is 0.312 e. The Kier molecular flexibility index (Phi) is 14.6. The van der Waals surface area contributed by atoms with Crippen molar-refractivity contribution in [2.24, 2.45) is 10.8 Å². The van der Waals surface area contributed by atoms with E-state index >= 15 is 0 Å². The molecule has 4 aromatic carbocycles. The summed E-state index contributed by atoms with van der Waals surface area (Å²) in [4.78, 5) is 23.6. The highest BCUT2D eigenvalue weighted by atomic mass is 16.5. The molecule has 0 aliphatic carbocycles. The van der Waals surface area contributed by atoms with Crippen molar-refractivity contribution in [1.29, 1.82) is 0 Å². The van der Waals surface area contributed by atoms with Crippen LogP contribution < -0.4 is 0 Å². The van der Waals surface area contributed by atoms with Crippen LogP contribution >= 0.6 is 0 Å². The van der Waals surface area contributed by atoms with Crippen LogP contribution in [0.5, 0.6) is 5.75 Å². The lowest BCUT2D eigenvalue weighted by Gasteiger charge is -2.27. The summed E-state index contributed by atoms with van der Waals surface area (Å²) in [6.45, 7) is 11.6. The summed E-state index contributed by atoms with van der Waals surface area (Å²) >= 11 is 0.